The zero-order valence-electron chi connectivity index (χ0n) is 13.0. The van der Waals surface area contributed by atoms with Crippen LogP contribution in [0.2, 0.25) is 0 Å². The van der Waals surface area contributed by atoms with Gasteiger partial charge >= 0.3 is 6.18 Å². The molecule has 0 spiro atoms. The summed E-state index contributed by atoms with van der Waals surface area (Å²) in [5, 5.41) is 0.891. The van der Waals surface area contributed by atoms with Gasteiger partial charge in [0.25, 0.3) is 0 Å². The van der Waals surface area contributed by atoms with E-state index in [0.29, 0.717) is 12.1 Å². The number of nitrogens with zero attached hydrogens (tertiary/aromatic N) is 1. The first-order valence-electron chi connectivity index (χ1n) is 8.13. The Hall–Kier alpha value is -1.53. The summed E-state index contributed by atoms with van der Waals surface area (Å²) in [5.41, 5.74) is 6.67. The largest absolute Gasteiger partial charge is 0.416 e. The maximum Gasteiger partial charge on any atom is 0.416 e. The topological polar surface area (TPSA) is 45.0 Å². The molecule has 1 aromatic heterocycles. The number of rotatable bonds is 4. The second kappa shape index (κ2) is 6.53. The first kappa shape index (κ1) is 16.3. The highest BCUT2D eigenvalue weighted by Crippen LogP contribution is 2.37. The van der Waals surface area contributed by atoms with Gasteiger partial charge in [-0.25, -0.2) is 0 Å². The standard InChI is InChI=1S/C17H22F3N3/c18-17(19,20)12-5-6-13-14(11-22-15(13)10-12)16-4-1-2-8-23(16)9-3-7-21/h5-6,10-11,16,22H,1-4,7-9,21H2. The van der Waals surface area contributed by atoms with E-state index in [-0.39, 0.29) is 6.04 Å². The number of hydrogen-bond donors (Lipinski definition) is 2. The summed E-state index contributed by atoms with van der Waals surface area (Å²) in [4.78, 5) is 5.44. The number of benzene rings is 1. The van der Waals surface area contributed by atoms with Gasteiger partial charge in [-0.3, -0.25) is 4.90 Å². The van der Waals surface area contributed by atoms with Gasteiger partial charge in [-0.2, -0.15) is 13.2 Å². The van der Waals surface area contributed by atoms with Crippen LogP contribution in [-0.4, -0.2) is 29.5 Å². The predicted molar refractivity (Wildman–Crippen MR) is 85.1 cm³/mol. The molecule has 3 rings (SSSR count). The molecule has 1 aromatic carbocycles. The highest BCUT2D eigenvalue weighted by Gasteiger charge is 2.31. The van der Waals surface area contributed by atoms with Crippen molar-refractivity contribution in [2.45, 2.75) is 37.9 Å². The minimum Gasteiger partial charge on any atom is -0.361 e. The third-order valence-corrected chi connectivity index (χ3v) is 4.66. The van der Waals surface area contributed by atoms with Gasteiger partial charge in [0.2, 0.25) is 0 Å². The van der Waals surface area contributed by atoms with E-state index in [0.717, 1.165) is 43.3 Å². The summed E-state index contributed by atoms with van der Waals surface area (Å²) in [7, 11) is 0. The van der Waals surface area contributed by atoms with Crippen LogP contribution in [0.25, 0.3) is 10.9 Å². The molecule has 0 bridgehead atoms. The molecule has 2 heterocycles. The number of H-pyrrole nitrogens is 1. The Kier molecular flexibility index (Phi) is 4.64. The zero-order chi connectivity index (χ0) is 16.4. The number of nitrogens with two attached hydrogens (primary N) is 1. The Balaban J connectivity index is 1.92. The molecule has 0 aliphatic carbocycles. The fraction of sp³-hybridized carbons (Fsp3) is 0.529. The van der Waals surface area contributed by atoms with E-state index in [1.54, 1.807) is 6.07 Å². The van der Waals surface area contributed by atoms with Crippen molar-refractivity contribution in [2.75, 3.05) is 19.6 Å². The van der Waals surface area contributed by atoms with Crippen molar-refractivity contribution < 1.29 is 13.2 Å². The van der Waals surface area contributed by atoms with E-state index in [9.17, 15) is 13.2 Å². The monoisotopic (exact) mass is 325 g/mol. The Bertz CT molecular complexity index is 663. The SMILES string of the molecule is NCCCN1CCCCC1c1c[nH]c2cc(C(F)(F)F)ccc12. The highest BCUT2D eigenvalue weighted by atomic mass is 19.4. The van der Waals surface area contributed by atoms with Crippen molar-refractivity contribution in [2.24, 2.45) is 5.73 Å². The molecule has 23 heavy (non-hydrogen) atoms. The van der Waals surface area contributed by atoms with Crippen LogP contribution in [0, 0.1) is 0 Å². The lowest BCUT2D eigenvalue weighted by molar-refractivity contribution is -0.137. The average Bonchev–Trinajstić information content (AvgIpc) is 2.95. The first-order valence-corrected chi connectivity index (χ1v) is 8.13. The first-order chi connectivity index (χ1) is 11.0. The minimum atomic E-state index is -4.31. The summed E-state index contributed by atoms with van der Waals surface area (Å²) >= 11 is 0. The molecule has 0 saturated carbocycles. The number of aromatic nitrogens is 1. The number of hydrogen-bond acceptors (Lipinski definition) is 2. The third kappa shape index (κ3) is 3.38. The molecule has 1 unspecified atom stereocenters. The molecule has 1 aliphatic rings. The Morgan fingerprint density at radius 3 is 2.83 bits per heavy atom. The van der Waals surface area contributed by atoms with Gasteiger partial charge in [0.15, 0.2) is 0 Å². The maximum absolute atomic E-state index is 12.8. The van der Waals surface area contributed by atoms with Gasteiger partial charge in [-0.05, 0) is 56.6 Å². The highest BCUT2D eigenvalue weighted by molar-refractivity contribution is 5.84. The Morgan fingerprint density at radius 2 is 2.09 bits per heavy atom. The second-order valence-corrected chi connectivity index (χ2v) is 6.19. The molecule has 2 aromatic rings. The predicted octanol–water partition coefficient (Wildman–Crippen LogP) is 4.06. The van der Waals surface area contributed by atoms with Crippen LogP contribution < -0.4 is 5.73 Å². The van der Waals surface area contributed by atoms with Crippen LogP contribution in [0.15, 0.2) is 24.4 Å². The number of alkyl halides is 3. The van der Waals surface area contributed by atoms with E-state index in [1.807, 2.05) is 6.20 Å². The number of fused-ring (bicyclic) bond motifs is 1. The third-order valence-electron chi connectivity index (χ3n) is 4.66. The molecule has 0 amide bonds. The number of nitrogens with one attached hydrogen (secondary N) is 1. The van der Waals surface area contributed by atoms with Gasteiger partial charge in [-0.15, -0.1) is 0 Å². The van der Waals surface area contributed by atoms with E-state index >= 15 is 0 Å². The summed E-state index contributed by atoms with van der Waals surface area (Å²) in [6.45, 7) is 2.62. The number of piperidine rings is 1. The van der Waals surface area contributed by atoms with Crippen molar-refractivity contribution in [3.8, 4) is 0 Å². The van der Waals surface area contributed by atoms with Crippen molar-refractivity contribution in [3.63, 3.8) is 0 Å². The molecule has 1 atom stereocenters. The van der Waals surface area contributed by atoms with Crippen LogP contribution in [0.1, 0.15) is 42.9 Å². The van der Waals surface area contributed by atoms with E-state index < -0.39 is 11.7 Å². The molecular formula is C17H22F3N3. The van der Waals surface area contributed by atoms with Crippen LogP contribution in [0.5, 0.6) is 0 Å². The Morgan fingerprint density at radius 1 is 1.26 bits per heavy atom. The summed E-state index contributed by atoms with van der Waals surface area (Å²) in [6.07, 6.45) is 1.86. The lowest BCUT2D eigenvalue weighted by Gasteiger charge is -2.35. The van der Waals surface area contributed by atoms with Gasteiger partial charge < -0.3 is 10.7 Å². The van der Waals surface area contributed by atoms with E-state index in [2.05, 4.69) is 9.88 Å². The van der Waals surface area contributed by atoms with Gasteiger partial charge in [-0.1, -0.05) is 12.5 Å². The molecule has 1 saturated heterocycles. The summed E-state index contributed by atoms with van der Waals surface area (Å²) in [6, 6.07) is 4.24. The number of likely N-dealkylation sites (tertiary alicyclic amines) is 1. The quantitative estimate of drug-likeness (QED) is 0.890. The molecule has 6 heteroatoms. The van der Waals surface area contributed by atoms with Crippen LogP contribution >= 0.6 is 0 Å². The molecule has 1 fully saturated rings. The molecule has 1 aliphatic heterocycles. The van der Waals surface area contributed by atoms with Crippen molar-refractivity contribution in [1.29, 1.82) is 0 Å². The van der Waals surface area contributed by atoms with Crippen LogP contribution in [0.4, 0.5) is 13.2 Å². The smallest absolute Gasteiger partial charge is 0.361 e. The molecule has 126 valence electrons. The van der Waals surface area contributed by atoms with Gasteiger partial charge in [0.05, 0.1) is 5.56 Å². The molecule has 3 N–H and O–H groups in total. The summed E-state index contributed by atoms with van der Waals surface area (Å²) in [5.74, 6) is 0. The lowest BCUT2D eigenvalue weighted by atomic mass is 9.94. The summed E-state index contributed by atoms with van der Waals surface area (Å²) < 4.78 is 38.5. The van der Waals surface area contributed by atoms with Crippen LogP contribution in [-0.2, 0) is 6.18 Å². The van der Waals surface area contributed by atoms with Crippen LogP contribution in [0.3, 0.4) is 0 Å². The molecule has 3 nitrogen and oxygen atoms in total. The van der Waals surface area contributed by atoms with Crippen molar-refractivity contribution in [1.82, 2.24) is 9.88 Å². The number of halogens is 3. The van der Waals surface area contributed by atoms with E-state index in [4.69, 9.17) is 5.73 Å². The normalized spacial score (nSPS) is 20.3. The minimum absolute atomic E-state index is 0.265. The average molecular weight is 325 g/mol. The lowest BCUT2D eigenvalue weighted by Crippen LogP contribution is -2.34. The van der Waals surface area contributed by atoms with Crippen molar-refractivity contribution in [3.05, 3.63) is 35.5 Å². The molecular weight excluding hydrogens is 303 g/mol. The van der Waals surface area contributed by atoms with E-state index in [1.165, 1.54) is 18.6 Å². The maximum atomic E-state index is 12.8. The Labute approximate surface area is 133 Å². The fourth-order valence-electron chi connectivity index (χ4n) is 3.51. The fourth-order valence-corrected chi connectivity index (χ4v) is 3.51. The zero-order valence-corrected chi connectivity index (χ0v) is 13.0. The van der Waals surface area contributed by atoms with Crippen molar-refractivity contribution >= 4 is 10.9 Å². The van der Waals surface area contributed by atoms with Gasteiger partial charge in [0.1, 0.15) is 0 Å². The molecule has 0 radical (unpaired) electrons. The van der Waals surface area contributed by atoms with Gasteiger partial charge in [0, 0.05) is 23.1 Å². The number of aromatic amines is 1. The second-order valence-electron chi connectivity index (χ2n) is 6.19.